The highest BCUT2D eigenvalue weighted by atomic mass is 16.5. The van der Waals surface area contributed by atoms with Crippen LogP contribution in [0, 0.1) is 6.92 Å². The Balaban J connectivity index is 0.000000686. The first-order chi connectivity index (χ1) is 8.29. The van der Waals surface area contributed by atoms with E-state index >= 15 is 0 Å². The molecule has 0 atom stereocenters. The minimum absolute atomic E-state index is 0.350. The first kappa shape index (κ1) is 13.8. The Morgan fingerprint density at radius 1 is 1.18 bits per heavy atom. The number of pyridine rings is 1. The SMILES string of the molecule is CC.COc1nc(C)ccc1OC1CCCC1. The van der Waals surface area contributed by atoms with E-state index < -0.39 is 0 Å². The van der Waals surface area contributed by atoms with E-state index in [2.05, 4.69) is 4.98 Å². The number of hydrogen-bond donors (Lipinski definition) is 0. The van der Waals surface area contributed by atoms with Gasteiger partial charge >= 0.3 is 0 Å². The van der Waals surface area contributed by atoms with Crippen LogP contribution < -0.4 is 9.47 Å². The molecule has 0 radical (unpaired) electrons. The first-order valence-corrected chi connectivity index (χ1v) is 6.48. The fourth-order valence-corrected chi connectivity index (χ4v) is 1.94. The molecule has 0 N–H and O–H groups in total. The lowest BCUT2D eigenvalue weighted by molar-refractivity contribution is 0.198. The van der Waals surface area contributed by atoms with E-state index in [0.717, 1.165) is 24.3 Å². The van der Waals surface area contributed by atoms with Crippen molar-refractivity contribution in [1.82, 2.24) is 4.98 Å². The summed E-state index contributed by atoms with van der Waals surface area (Å²) < 4.78 is 11.1. The average molecular weight is 237 g/mol. The van der Waals surface area contributed by atoms with Crippen LogP contribution in [-0.4, -0.2) is 18.2 Å². The molecule has 0 saturated heterocycles. The quantitative estimate of drug-likeness (QED) is 0.802. The highest BCUT2D eigenvalue weighted by Gasteiger charge is 2.18. The third-order valence-corrected chi connectivity index (χ3v) is 2.75. The largest absolute Gasteiger partial charge is 0.485 e. The van der Waals surface area contributed by atoms with Gasteiger partial charge in [-0.15, -0.1) is 0 Å². The van der Waals surface area contributed by atoms with Gasteiger partial charge in [-0.3, -0.25) is 0 Å². The zero-order chi connectivity index (χ0) is 12.7. The maximum atomic E-state index is 5.86. The lowest BCUT2D eigenvalue weighted by Gasteiger charge is -2.15. The van der Waals surface area contributed by atoms with Crippen molar-refractivity contribution in [2.45, 2.75) is 52.6 Å². The summed E-state index contributed by atoms with van der Waals surface area (Å²) in [6.07, 6.45) is 5.19. The minimum Gasteiger partial charge on any atom is -0.485 e. The molecule has 0 spiro atoms. The van der Waals surface area contributed by atoms with Crippen LogP contribution in [0.2, 0.25) is 0 Å². The topological polar surface area (TPSA) is 31.4 Å². The first-order valence-electron chi connectivity index (χ1n) is 6.48. The molecule has 3 nitrogen and oxygen atoms in total. The molecule has 2 rings (SSSR count). The summed E-state index contributed by atoms with van der Waals surface area (Å²) in [5, 5.41) is 0. The van der Waals surface area contributed by atoms with E-state index in [1.807, 2.05) is 32.9 Å². The number of methoxy groups -OCH3 is 1. The fourth-order valence-electron chi connectivity index (χ4n) is 1.94. The molecular formula is C14H23NO2. The molecule has 0 aliphatic heterocycles. The second kappa shape index (κ2) is 7.15. The van der Waals surface area contributed by atoms with Crippen molar-refractivity contribution in [2.75, 3.05) is 7.11 Å². The molecule has 1 aromatic rings. The van der Waals surface area contributed by atoms with Gasteiger partial charge in [0.15, 0.2) is 5.75 Å². The molecule has 17 heavy (non-hydrogen) atoms. The van der Waals surface area contributed by atoms with Crippen molar-refractivity contribution in [3.05, 3.63) is 17.8 Å². The summed E-state index contributed by atoms with van der Waals surface area (Å²) >= 11 is 0. The standard InChI is InChI=1S/C12H17NO2.C2H6/c1-9-7-8-11(12(13-9)14-2)15-10-5-3-4-6-10;1-2/h7-8,10H,3-6H2,1-2H3;1-2H3. The monoisotopic (exact) mass is 237 g/mol. The van der Waals surface area contributed by atoms with E-state index in [1.165, 1.54) is 12.8 Å². The molecule has 0 unspecified atom stereocenters. The Labute approximate surface area is 104 Å². The molecule has 1 saturated carbocycles. The molecule has 1 heterocycles. The van der Waals surface area contributed by atoms with Gasteiger partial charge in [0.2, 0.25) is 0 Å². The van der Waals surface area contributed by atoms with Gasteiger partial charge in [0.05, 0.1) is 13.2 Å². The lowest BCUT2D eigenvalue weighted by Crippen LogP contribution is -2.12. The third-order valence-electron chi connectivity index (χ3n) is 2.75. The van der Waals surface area contributed by atoms with Gasteiger partial charge < -0.3 is 9.47 Å². The van der Waals surface area contributed by atoms with Gasteiger partial charge in [0.25, 0.3) is 5.88 Å². The molecular weight excluding hydrogens is 214 g/mol. The zero-order valence-electron chi connectivity index (χ0n) is 11.3. The zero-order valence-corrected chi connectivity index (χ0v) is 11.3. The van der Waals surface area contributed by atoms with Crippen molar-refractivity contribution in [3.8, 4) is 11.6 Å². The minimum atomic E-state index is 0.350. The molecule has 0 amide bonds. The van der Waals surface area contributed by atoms with Crippen LogP contribution in [0.25, 0.3) is 0 Å². The van der Waals surface area contributed by atoms with Crippen LogP contribution in [0.15, 0.2) is 12.1 Å². The van der Waals surface area contributed by atoms with Gasteiger partial charge in [-0.25, -0.2) is 4.98 Å². The van der Waals surface area contributed by atoms with Gasteiger partial charge in [-0.1, -0.05) is 13.8 Å². The molecule has 96 valence electrons. The van der Waals surface area contributed by atoms with E-state index in [-0.39, 0.29) is 0 Å². The Morgan fingerprint density at radius 2 is 1.82 bits per heavy atom. The van der Waals surface area contributed by atoms with E-state index in [4.69, 9.17) is 9.47 Å². The molecule has 3 heteroatoms. The van der Waals surface area contributed by atoms with Crippen molar-refractivity contribution in [1.29, 1.82) is 0 Å². The summed E-state index contributed by atoms with van der Waals surface area (Å²) in [5.41, 5.74) is 0.950. The highest BCUT2D eigenvalue weighted by molar-refractivity contribution is 5.34. The number of rotatable bonds is 3. The third kappa shape index (κ3) is 3.91. The van der Waals surface area contributed by atoms with Crippen molar-refractivity contribution < 1.29 is 9.47 Å². The predicted molar refractivity (Wildman–Crippen MR) is 69.8 cm³/mol. The van der Waals surface area contributed by atoms with Crippen LogP contribution >= 0.6 is 0 Å². The average Bonchev–Trinajstić information content (AvgIpc) is 2.87. The number of aromatic nitrogens is 1. The van der Waals surface area contributed by atoms with Gasteiger partial charge in [0.1, 0.15) is 0 Å². The van der Waals surface area contributed by atoms with Crippen LogP contribution in [-0.2, 0) is 0 Å². The van der Waals surface area contributed by atoms with Crippen molar-refractivity contribution in [3.63, 3.8) is 0 Å². The Hall–Kier alpha value is -1.25. The van der Waals surface area contributed by atoms with Crippen LogP contribution in [0.4, 0.5) is 0 Å². The smallest absolute Gasteiger partial charge is 0.256 e. The summed E-state index contributed by atoms with van der Waals surface area (Å²) in [4.78, 5) is 4.29. The van der Waals surface area contributed by atoms with Crippen molar-refractivity contribution in [2.24, 2.45) is 0 Å². The second-order valence-electron chi connectivity index (χ2n) is 3.98. The predicted octanol–water partition coefficient (Wildman–Crippen LogP) is 3.75. The maximum Gasteiger partial charge on any atom is 0.256 e. The molecule has 1 aliphatic carbocycles. The number of hydrogen-bond acceptors (Lipinski definition) is 3. The Kier molecular flexibility index (Phi) is 5.81. The number of aryl methyl sites for hydroxylation is 1. The van der Waals surface area contributed by atoms with Gasteiger partial charge in [-0.05, 0) is 44.7 Å². The fraction of sp³-hybridized carbons (Fsp3) is 0.643. The van der Waals surface area contributed by atoms with Crippen LogP contribution in [0.5, 0.6) is 11.6 Å². The van der Waals surface area contributed by atoms with Gasteiger partial charge in [-0.2, -0.15) is 0 Å². The Bertz CT molecular complexity index is 333. The lowest BCUT2D eigenvalue weighted by atomic mass is 10.3. The number of ether oxygens (including phenoxy) is 2. The highest BCUT2D eigenvalue weighted by Crippen LogP contribution is 2.29. The summed E-state index contributed by atoms with van der Waals surface area (Å²) in [5.74, 6) is 1.37. The van der Waals surface area contributed by atoms with E-state index in [1.54, 1.807) is 7.11 Å². The van der Waals surface area contributed by atoms with Crippen molar-refractivity contribution >= 4 is 0 Å². The molecule has 1 fully saturated rings. The molecule has 0 bridgehead atoms. The number of nitrogens with zero attached hydrogens (tertiary/aromatic N) is 1. The summed E-state index contributed by atoms with van der Waals surface area (Å²) in [6, 6.07) is 3.90. The van der Waals surface area contributed by atoms with E-state index in [0.29, 0.717) is 12.0 Å². The molecule has 1 aromatic heterocycles. The summed E-state index contributed by atoms with van der Waals surface area (Å²) in [6.45, 7) is 5.95. The Morgan fingerprint density at radius 3 is 2.41 bits per heavy atom. The van der Waals surface area contributed by atoms with Crippen LogP contribution in [0.3, 0.4) is 0 Å². The molecule has 0 aromatic carbocycles. The van der Waals surface area contributed by atoms with Gasteiger partial charge in [0, 0.05) is 5.69 Å². The van der Waals surface area contributed by atoms with Crippen LogP contribution in [0.1, 0.15) is 45.2 Å². The maximum absolute atomic E-state index is 5.86. The van der Waals surface area contributed by atoms with E-state index in [9.17, 15) is 0 Å². The second-order valence-corrected chi connectivity index (χ2v) is 3.98. The molecule has 1 aliphatic rings. The summed E-state index contributed by atoms with van der Waals surface area (Å²) in [7, 11) is 1.63. The normalized spacial score (nSPS) is 15.1.